The molecule has 1 fully saturated rings. The minimum Gasteiger partial charge on any atom is -0.356 e. The number of rotatable bonds is 6. The van der Waals surface area contributed by atoms with Gasteiger partial charge in [-0.3, -0.25) is 4.79 Å². The van der Waals surface area contributed by atoms with Gasteiger partial charge in [-0.2, -0.15) is 0 Å². The summed E-state index contributed by atoms with van der Waals surface area (Å²) in [7, 11) is 0. The lowest BCUT2D eigenvalue weighted by Gasteiger charge is -2.25. The third-order valence-electron chi connectivity index (χ3n) is 3.62. The second kappa shape index (κ2) is 6.50. The Kier molecular flexibility index (Phi) is 5.29. The molecule has 0 aliphatic heterocycles. The minimum atomic E-state index is 0.148. The van der Waals surface area contributed by atoms with E-state index in [1.165, 1.54) is 0 Å². The number of hydrogen-bond acceptors (Lipinski definition) is 2. The number of carbonyl (C=O) groups excluding carboxylic acids is 1. The molecule has 5 heteroatoms. The first-order valence-corrected chi connectivity index (χ1v) is 6.36. The Labute approximate surface area is 103 Å². The van der Waals surface area contributed by atoms with Gasteiger partial charge in [0, 0.05) is 23.9 Å². The SMILES string of the molecule is CC1(C)CCCC1C(=O)NCCCCN=[N+]=[N-]. The van der Waals surface area contributed by atoms with Crippen molar-refractivity contribution in [2.24, 2.45) is 16.4 Å². The van der Waals surface area contributed by atoms with Crippen molar-refractivity contribution in [1.82, 2.24) is 5.32 Å². The molecular formula is C12H22N4O. The summed E-state index contributed by atoms with van der Waals surface area (Å²) in [6.07, 6.45) is 5.01. The highest BCUT2D eigenvalue weighted by molar-refractivity contribution is 5.79. The highest BCUT2D eigenvalue weighted by atomic mass is 16.1. The molecule has 0 saturated heterocycles. The van der Waals surface area contributed by atoms with Crippen molar-refractivity contribution in [2.45, 2.75) is 46.0 Å². The van der Waals surface area contributed by atoms with Crippen molar-refractivity contribution < 1.29 is 4.79 Å². The number of nitrogens with one attached hydrogen (secondary N) is 1. The van der Waals surface area contributed by atoms with Gasteiger partial charge in [-0.05, 0) is 36.6 Å². The van der Waals surface area contributed by atoms with Crippen LogP contribution >= 0.6 is 0 Å². The van der Waals surface area contributed by atoms with E-state index in [4.69, 9.17) is 5.53 Å². The molecule has 17 heavy (non-hydrogen) atoms. The van der Waals surface area contributed by atoms with E-state index in [1.807, 2.05) is 0 Å². The van der Waals surface area contributed by atoms with E-state index in [1.54, 1.807) is 0 Å². The van der Waals surface area contributed by atoms with Crippen molar-refractivity contribution in [3.63, 3.8) is 0 Å². The van der Waals surface area contributed by atoms with Gasteiger partial charge in [0.15, 0.2) is 0 Å². The number of amides is 1. The topological polar surface area (TPSA) is 77.9 Å². The van der Waals surface area contributed by atoms with Crippen LogP contribution in [0.1, 0.15) is 46.0 Å². The molecule has 0 bridgehead atoms. The van der Waals surface area contributed by atoms with E-state index in [0.717, 1.165) is 32.1 Å². The number of carbonyl (C=O) groups is 1. The summed E-state index contributed by atoms with van der Waals surface area (Å²) in [6.45, 7) is 5.55. The average molecular weight is 238 g/mol. The molecule has 0 spiro atoms. The van der Waals surface area contributed by atoms with Gasteiger partial charge in [-0.15, -0.1) is 0 Å². The van der Waals surface area contributed by atoms with Gasteiger partial charge in [0.05, 0.1) is 0 Å². The number of hydrogen-bond donors (Lipinski definition) is 1. The van der Waals surface area contributed by atoms with E-state index < -0.39 is 0 Å². The Bertz CT molecular complexity index is 308. The molecule has 0 heterocycles. The lowest BCUT2D eigenvalue weighted by molar-refractivity contribution is -0.127. The Morgan fingerprint density at radius 2 is 2.29 bits per heavy atom. The fraction of sp³-hybridized carbons (Fsp3) is 0.917. The quantitative estimate of drug-likeness (QED) is 0.328. The third-order valence-corrected chi connectivity index (χ3v) is 3.62. The fourth-order valence-electron chi connectivity index (χ4n) is 2.50. The summed E-state index contributed by atoms with van der Waals surface area (Å²) in [4.78, 5) is 14.6. The molecule has 1 N–H and O–H groups in total. The molecule has 0 aromatic heterocycles. The van der Waals surface area contributed by atoms with Crippen LogP contribution in [0.5, 0.6) is 0 Å². The van der Waals surface area contributed by atoms with E-state index >= 15 is 0 Å². The predicted molar refractivity (Wildman–Crippen MR) is 67.4 cm³/mol. The normalized spacial score (nSPS) is 21.9. The summed E-state index contributed by atoms with van der Waals surface area (Å²) in [6, 6.07) is 0. The first-order chi connectivity index (χ1) is 8.08. The van der Waals surface area contributed by atoms with Crippen LogP contribution in [0.4, 0.5) is 0 Å². The van der Waals surface area contributed by atoms with E-state index in [0.29, 0.717) is 13.1 Å². The molecule has 0 aromatic carbocycles. The van der Waals surface area contributed by atoms with Crippen LogP contribution < -0.4 is 5.32 Å². The molecule has 1 saturated carbocycles. The second-order valence-electron chi connectivity index (χ2n) is 5.39. The first kappa shape index (κ1) is 13.8. The molecule has 0 aromatic rings. The highest BCUT2D eigenvalue weighted by Gasteiger charge is 2.38. The molecule has 1 atom stereocenters. The Morgan fingerprint density at radius 3 is 2.88 bits per heavy atom. The van der Waals surface area contributed by atoms with Crippen LogP contribution in [0.25, 0.3) is 10.4 Å². The van der Waals surface area contributed by atoms with Crippen LogP contribution in [-0.2, 0) is 4.79 Å². The maximum atomic E-state index is 12.0. The van der Waals surface area contributed by atoms with Crippen molar-refractivity contribution in [1.29, 1.82) is 0 Å². The van der Waals surface area contributed by atoms with E-state index in [-0.39, 0.29) is 17.2 Å². The molecule has 1 rings (SSSR count). The lowest BCUT2D eigenvalue weighted by Crippen LogP contribution is -2.36. The van der Waals surface area contributed by atoms with Gasteiger partial charge in [0.25, 0.3) is 0 Å². The Balaban J connectivity index is 2.19. The average Bonchev–Trinajstić information content (AvgIpc) is 2.63. The molecule has 1 amide bonds. The summed E-state index contributed by atoms with van der Waals surface area (Å²) in [5.74, 6) is 0.357. The summed E-state index contributed by atoms with van der Waals surface area (Å²) in [5, 5.41) is 6.44. The fourth-order valence-corrected chi connectivity index (χ4v) is 2.50. The molecular weight excluding hydrogens is 216 g/mol. The predicted octanol–water partition coefficient (Wildman–Crippen LogP) is 3.02. The zero-order valence-corrected chi connectivity index (χ0v) is 10.8. The number of azide groups is 1. The third kappa shape index (κ3) is 4.27. The standard InChI is InChI=1S/C12H22N4O/c1-12(2)7-5-6-10(12)11(17)14-8-3-4-9-15-16-13/h10H,3-9H2,1-2H3,(H,14,17). The number of unbranched alkanes of at least 4 members (excludes halogenated alkanes) is 1. The van der Waals surface area contributed by atoms with Gasteiger partial charge >= 0.3 is 0 Å². The van der Waals surface area contributed by atoms with Gasteiger partial charge in [-0.25, -0.2) is 0 Å². The zero-order valence-electron chi connectivity index (χ0n) is 10.8. The van der Waals surface area contributed by atoms with Crippen molar-refractivity contribution in [2.75, 3.05) is 13.1 Å². The summed E-state index contributed by atoms with van der Waals surface area (Å²) < 4.78 is 0. The van der Waals surface area contributed by atoms with Crippen LogP contribution in [0, 0.1) is 11.3 Å². The smallest absolute Gasteiger partial charge is 0.223 e. The van der Waals surface area contributed by atoms with Crippen molar-refractivity contribution >= 4 is 5.91 Å². The van der Waals surface area contributed by atoms with Crippen molar-refractivity contribution in [3.05, 3.63) is 10.4 Å². The van der Waals surface area contributed by atoms with Crippen molar-refractivity contribution in [3.8, 4) is 0 Å². The molecule has 96 valence electrons. The molecule has 1 aliphatic rings. The molecule has 1 unspecified atom stereocenters. The maximum Gasteiger partial charge on any atom is 0.223 e. The van der Waals surface area contributed by atoms with Gasteiger partial charge in [0.2, 0.25) is 5.91 Å². The zero-order chi connectivity index (χ0) is 12.7. The van der Waals surface area contributed by atoms with Crippen LogP contribution in [0.2, 0.25) is 0 Å². The molecule has 1 aliphatic carbocycles. The van der Waals surface area contributed by atoms with Gasteiger partial charge in [-0.1, -0.05) is 25.4 Å². The monoisotopic (exact) mass is 238 g/mol. The number of nitrogens with zero attached hydrogens (tertiary/aromatic N) is 3. The summed E-state index contributed by atoms with van der Waals surface area (Å²) >= 11 is 0. The van der Waals surface area contributed by atoms with Crippen LogP contribution in [0.3, 0.4) is 0 Å². The second-order valence-corrected chi connectivity index (χ2v) is 5.39. The van der Waals surface area contributed by atoms with Gasteiger partial charge < -0.3 is 5.32 Å². The first-order valence-electron chi connectivity index (χ1n) is 6.36. The lowest BCUT2D eigenvalue weighted by atomic mass is 9.81. The molecule has 0 radical (unpaired) electrons. The molecule has 5 nitrogen and oxygen atoms in total. The van der Waals surface area contributed by atoms with E-state index in [2.05, 4.69) is 29.2 Å². The largest absolute Gasteiger partial charge is 0.356 e. The maximum absolute atomic E-state index is 12.0. The van der Waals surface area contributed by atoms with Crippen LogP contribution in [-0.4, -0.2) is 19.0 Å². The van der Waals surface area contributed by atoms with Crippen LogP contribution in [0.15, 0.2) is 5.11 Å². The van der Waals surface area contributed by atoms with Gasteiger partial charge in [0.1, 0.15) is 0 Å². The Hall–Kier alpha value is -1.22. The Morgan fingerprint density at radius 1 is 1.53 bits per heavy atom. The highest BCUT2D eigenvalue weighted by Crippen LogP contribution is 2.42. The van der Waals surface area contributed by atoms with E-state index in [9.17, 15) is 4.79 Å². The summed E-state index contributed by atoms with van der Waals surface area (Å²) in [5.41, 5.74) is 8.25. The minimum absolute atomic E-state index is 0.148.